The van der Waals surface area contributed by atoms with E-state index in [9.17, 15) is 28.4 Å². The molecule has 3 rings (SSSR count). The molecule has 180 valence electrons. The van der Waals surface area contributed by atoms with Gasteiger partial charge in [-0.05, 0) is 55.2 Å². The Hall–Kier alpha value is -3.62. The fourth-order valence-corrected chi connectivity index (χ4v) is 4.52. The Morgan fingerprint density at radius 2 is 1.91 bits per heavy atom. The summed E-state index contributed by atoms with van der Waals surface area (Å²) in [6.07, 6.45) is 1.61. The largest absolute Gasteiger partial charge is 0.492 e. The Balaban J connectivity index is 1.84. The molecule has 11 heteroatoms. The number of aromatic carboxylic acids is 1. The minimum Gasteiger partial charge on any atom is -0.492 e. The van der Waals surface area contributed by atoms with Crippen molar-refractivity contribution in [1.82, 2.24) is 4.90 Å². The molecule has 0 aromatic heterocycles. The highest BCUT2D eigenvalue weighted by molar-refractivity contribution is 7.92. The van der Waals surface area contributed by atoms with Gasteiger partial charge in [0.15, 0.2) is 0 Å². The zero-order valence-electron chi connectivity index (χ0n) is 18.8. The zero-order chi connectivity index (χ0) is 24.9. The van der Waals surface area contributed by atoms with Gasteiger partial charge in [0.1, 0.15) is 17.4 Å². The van der Waals surface area contributed by atoms with Crippen molar-refractivity contribution in [3.63, 3.8) is 0 Å². The number of anilines is 1. The van der Waals surface area contributed by atoms with Crippen molar-refractivity contribution >= 4 is 27.6 Å². The van der Waals surface area contributed by atoms with Crippen LogP contribution in [-0.2, 0) is 14.8 Å². The van der Waals surface area contributed by atoms with E-state index in [4.69, 9.17) is 9.47 Å². The second-order valence-corrected chi connectivity index (χ2v) is 9.69. The second-order valence-electron chi connectivity index (χ2n) is 8.01. The number of sulfonamides is 1. The molecule has 2 N–H and O–H groups in total. The summed E-state index contributed by atoms with van der Waals surface area (Å²) >= 11 is 0. The van der Waals surface area contributed by atoms with E-state index in [-0.39, 0.29) is 44.8 Å². The monoisotopic (exact) mass is 487 g/mol. The van der Waals surface area contributed by atoms with Gasteiger partial charge in [0.05, 0.1) is 22.8 Å². The number of carbonyl (C=O) groups is 2. The van der Waals surface area contributed by atoms with Crippen LogP contribution in [0.2, 0.25) is 0 Å². The number of rotatable bonds is 8. The standard InChI is InChI=1S/C23H25N3O7S/c1-26(2)22(27)16-3-5-20(17(11-16)13-24)25-34(30,31)18-4-6-21(19(12-18)23(28)29)33-14-15-7-9-32-10-8-15/h3-6,11-12,15,25H,7-10,14H2,1-2H3,(H,28,29). The Morgan fingerprint density at radius 3 is 2.53 bits per heavy atom. The van der Waals surface area contributed by atoms with Crippen LogP contribution in [0.1, 0.15) is 39.1 Å². The number of hydrogen-bond donors (Lipinski definition) is 2. The van der Waals surface area contributed by atoms with E-state index in [0.29, 0.717) is 19.8 Å². The Kier molecular flexibility index (Phi) is 7.75. The summed E-state index contributed by atoms with van der Waals surface area (Å²) in [5.74, 6) is -1.37. The lowest BCUT2D eigenvalue weighted by molar-refractivity contribution is 0.0490. The lowest BCUT2D eigenvalue weighted by Gasteiger charge is -2.22. The van der Waals surface area contributed by atoms with Crippen molar-refractivity contribution in [2.45, 2.75) is 17.7 Å². The van der Waals surface area contributed by atoms with Crippen molar-refractivity contribution in [3.8, 4) is 11.8 Å². The molecule has 0 saturated carbocycles. The third-order valence-corrected chi connectivity index (χ3v) is 6.71. The zero-order valence-corrected chi connectivity index (χ0v) is 19.6. The van der Waals surface area contributed by atoms with Crippen molar-refractivity contribution in [1.29, 1.82) is 5.26 Å². The van der Waals surface area contributed by atoms with Crippen LogP contribution in [-0.4, -0.2) is 64.2 Å². The molecule has 0 spiro atoms. The maximum absolute atomic E-state index is 12.9. The first kappa shape index (κ1) is 25.0. The average molecular weight is 488 g/mol. The molecule has 2 aromatic rings. The molecule has 1 aliphatic heterocycles. The van der Waals surface area contributed by atoms with Crippen LogP contribution in [0, 0.1) is 17.2 Å². The number of benzene rings is 2. The molecule has 1 saturated heterocycles. The third kappa shape index (κ3) is 5.84. The smallest absolute Gasteiger partial charge is 0.339 e. The van der Waals surface area contributed by atoms with E-state index in [1.54, 1.807) is 14.1 Å². The molecule has 10 nitrogen and oxygen atoms in total. The van der Waals surface area contributed by atoms with Gasteiger partial charge in [0, 0.05) is 32.9 Å². The molecule has 2 aromatic carbocycles. The van der Waals surface area contributed by atoms with Gasteiger partial charge < -0.3 is 19.5 Å². The Labute approximate surface area is 197 Å². The van der Waals surface area contributed by atoms with Crippen molar-refractivity contribution in [2.24, 2.45) is 5.92 Å². The molecule has 0 bridgehead atoms. The summed E-state index contributed by atoms with van der Waals surface area (Å²) in [6.45, 7) is 1.55. The summed E-state index contributed by atoms with van der Waals surface area (Å²) in [5.41, 5.74) is -0.147. The number of nitrogens with zero attached hydrogens (tertiary/aromatic N) is 2. The summed E-state index contributed by atoms with van der Waals surface area (Å²) in [5, 5.41) is 19.0. The second kappa shape index (κ2) is 10.5. The summed E-state index contributed by atoms with van der Waals surface area (Å²) in [4.78, 5) is 24.9. The number of ether oxygens (including phenoxy) is 2. The van der Waals surface area contributed by atoms with E-state index in [0.717, 1.165) is 18.9 Å². The van der Waals surface area contributed by atoms with Gasteiger partial charge in [-0.25, -0.2) is 13.2 Å². The van der Waals surface area contributed by atoms with Gasteiger partial charge >= 0.3 is 5.97 Å². The average Bonchev–Trinajstić information content (AvgIpc) is 2.82. The number of carboxylic acids is 1. The van der Waals surface area contributed by atoms with Crippen LogP contribution in [0.25, 0.3) is 0 Å². The van der Waals surface area contributed by atoms with Gasteiger partial charge in [-0.15, -0.1) is 0 Å². The van der Waals surface area contributed by atoms with Crippen molar-refractivity contribution < 1.29 is 32.6 Å². The van der Waals surface area contributed by atoms with E-state index < -0.39 is 16.0 Å². The van der Waals surface area contributed by atoms with Gasteiger partial charge in [0.25, 0.3) is 15.9 Å². The maximum atomic E-state index is 12.9. The molecule has 1 amide bonds. The highest BCUT2D eigenvalue weighted by Gasteiger charge is 2.23. The Bertz CT molecular complexity index is 1230. The van der Waals surface area contributed by atoms with Gasteiger partial charge in [-0.3, -0.25) is 9.52 Å². The first-order valence-corrected chi connectivity index (χ1v) is 12.0. The van der Waals surface area contributed by atoms with E-state index >= 15 is 0 Å². The maximum Gasteiger partial charge on any atom is 0.339 e. The SMILES string of the molecule is CN(C)C(=O)c1ccc(NS(=O)(=O)c2ccc(OCC3CCOCC3)c(C(=O)O)c2)c(C#N)c1. The number of carboxylic acid groups (broad SMARTS) is 1. The van der Waals surface area contributed by atoms with Crippen LogP contribution in [0.4, 0.5) is 5.69 Å². The number of nitriles is 1. The molecule has 0 unspecified atom stereocenters. The predicted octanol–water partition coefficient (Wildman–Crippen LogP) is 2.56. The van der Waals surface area contributed by atoms with E-state index in [2.05, 4.69) is 4.72 Å². The molecular formula is C23H25N3O7S. The predicted molar refractivity (Wildman–Crippen MR) is 122 cm³/mol. The first-order chi connectivity index (χ1) is 16.1. The number of carbonyl (C=O) groups excluding carboxylic acids is 1. The van der Waals surface area contributed by atoms with Gasteiger partial charge in [0.2, 0.25) is 0 Å². The third-order valence-electron chi connectivity index (χ3n) is 5.34. The highest BCUT2D eigenvalue weighted by Crippen LogP contribution is 2.27. The van der Waals surface area contributed by atoms with Crippen LogP contribution >= 0.6 is 0 Å². The molecule has 0 atom stereocenters. The van der Waals surface area contributed by atoms with Crippen LogP contribution < -0.4 is 9.46 Å². The molecule has 34 heavy (non-hydrogen) atoms. The fourth-order valence-electron chi connectivity index (χ4n) is 3.41. The topological polar surface area (TPSA) is 146 Å². The lowest BCUT2D eigenvalue weighted by atomic mass is 10.0. The van der Waals surface area contributed by atoms with Crippen molar-refractivity contribution in [2.75, 3.05) is 38.6 Å². The van der Waals surface area contributed by atoms with Crippen molar-refractivity contribution in [3.05, 3.63) is 53.1 Å². The number of amides is 1. The van der Waals surface area contributed by atoms with E-state index in [1.165, 1.54) is 35.2 Å². The fraction of sp³-hybridized carbons (Fsp3) is 0.348. The minimum atomic E-state index is -4.24. The molecule has 0 aliphatic carbocycles. The van der Waals surface area contributed by atoms with Gasteiger partial charge in [-0.2, -0.15) is 5.26 Å². The minimum absolute atomic E-state index is 0.0328. The molecule has 1 aliphatic rings. The quantitative estimate of drug-likeness (QED) is 0.578. The number of hydrogen-bond acceptors (Lipinski definition) is 7. The lowest BCUT2D eigenvalue weighted by Crippen LogP contribution is -2.22. The molecular weight excluding hydrogens is 462 g/mol. The van der Waals surface area contributed by atoms with Crippen LogP contribution in [0.15, 0.2) is 41.3 Å². The normalized spacial score (nSPS) is 14.1. The van der Waals surface area contributed by atoms with Crippen LogP contribution in [0.5, 0.6) is 5.75 Å². The highest BCUT2D eigenvalue weighted by atomic mass is 32.2. The van der Waals surface area contributed by atoms with Crippen LogP contribution in [0.3, 0.4) is 0 Å². The Morgan fingerprint density at radius 1 is 1.21 bits per heavy atom. The summed E-state index contributed by atoms with van der Waals surface area (Å²) < 4.78 is 39.2. The van der Waals surface area contributed by atoms with Gasteiger partial charge in [-0.1, -0.05) is 0 Å². The van der Waals surface area contributed by atoms with E-state index in [1.807, 2.05) is 6.07 Å². The molecule has 0 radical (unpaired) electrons. The molecule has 1 heterocycles. The number of nitrogens with one attached hydrogen (secondary N) is 1. The summed E-state index contributed by atoms with van der Waals surface area (Å²) in [6, 6.07) is 9.43. The molecule has 1 fully saturated rings. The first-order valence-electron chi connectivity index (χ1n) is 10.5. The summed E-state index contributed by atoms with van der Waals surface area (Å²) in [7, 11) is -1.12.